The molecule has 0 amide bonds. The summed E-state index contributed by atoms with van der Waals surface area (Å²) in [5.74, 6) is 0.848. The van der Waals surface area contributed by atoms with Gasteiger partial charge in [0.25, 0.3) is 0 Å². The van der Waals surface area contributed by atoms with E-state index in [9.17, 15) is 0 Å². The Morgan fingerprint density at radius 1 is 1.60 bits per heavy atom. The standard InChI is InChI=1S/C11H21N3O/c1-5-6-10(8-12-3)15-11-7-9(2)13-14(11)4/h7,10,12H,5-6,8H2,1-4H3. The molecule has 1 rings (SSSR count). The van der Waals surface area contributed by atoms with Gasteiger partial charge in [0, 0.05) is 19.7 Å². The van der Waals surface area contributed by atoms with Crippen molar-refractivity contribution in [2.75, 3.05) is 13.6 Å². The van der Waals surface area contributed by atoms with Crippen LogP contribution in [-0.2, 0) is 7.05 Å². The highest BCUT2D eigenvalue weighted by Crippen LogP contribution is 2.14. The van der Waals surface area contributed by atoms with E-state index in [-0.39, 0.29) is 6.10 Å². The van der Waals surface area contributed by atoms with Gasteiger partial charge >= 0.3 is 0 Å². The number of hydrogen-bond donors (Lipinski definition) is 1. The lowest BCUT2D eigenvalue weighted by Crippen LogP contribution is -2.29. The maximum atomic E-state index is 5.88. The minimum atomic E-state index is 0.231. The quantitative estimate of drug-likeness (QED) is 0.775. The molecule has 0 aliphatic carbocycles. The van der Waals surface area contributed by atoms with Gasteiger partial charge in [-0.2, -0.15) is 5.10 Å². The third-order valence-electron chi connectivity index (χ3n) is 2.29. The van der Waals surface area contributed by atoms with Crippen LogP contribution in [0.5, 0.6) is 5.88 Å². The van der Waals surface area contributed by atoms with Gasteiger partial charge in [0.15, 0.2) is 0 Å². The number of rotatable bonds is 6. The smallest absolute Gasteiger partial charge is 0.212 e. The Labute approximate surface area is 91.6 Å². The summed E-state index contributed by atoms with van der Waals surface area (Å²) in [5.41, 5.74) is 0.993. The average molecular weight is 211 g/mol. The van der Waals surface area contributed by atoms with Crippen molar-refractivity contribution in [2.45, 2.75) is 32.8 Å². The van der Waals surface area contributed by atoms with Gasteiger partial charge in [-0.05, 0) is 20.4 Å². The summed E-state index contributed by atoms with van der Waals surface area (Å²) < 4.78 is 7.67. The molecule has 1 aromatic rings. The first-order chi connectivity index (χ1) is 7.17. The largest absolute Gasteiger partial charge is 0.473 e. The Bertz CT molecular complexity index is 290. The lowest BCUT2D eigenvalue weighted by Gasteiger charge is -2.17. The Morgan fingerprint density at radius 2 is 2.33 bits per heavy atom. The van der Waals surface area contributed by atoms with Crippen molar-refractivity contribution in [3.05, 3.63) is 11.8 Å². The molecule has 1 N–H and O–H groups in total. The van der Waals surface area contributed by atoms with Gasteiger partial charge in [0.1, 0.15) is 6.10 Å². The molecule has 0 radical (unpaired) electrons. The van der Waals surface area contributed by atoms with Crippen LogP contribution in [0.25, 0.3) is 0 Å². The number of ether oxygens (including phenoxy) is 1. The molecule has 15 heavy (non-hydrogen) atoms. The summed E-state index contributed by atoms with van der Waals surface area (Å²) in [7, 11) is 3.85. The molecule has 0 saturated carbocycles. The second-order valence-electron chi connectivity index (χ2n) is 3.83. The molecule has 0 aromatic carbocycles. The number of hydrogen-bond acceptors (Lipinski definition) is 3. The van der Waals surface area contributed by atoms with Crippen molar-refractivity contribution in [1.29, 1.82) is 0 Å². The van der Waals surface area contributed by atoms with Gasteiger partial charge in [0.05, 0.1) is 5.69 Å². The van der Waals surface area contributed by atoms with Crippen LogP contribution in [0.1, 0.15) is 25.5 Å². The van der Waals surface area contributed by atoms with Crippen molar-refractivity contribution in [3.63, 3.8) is 0 Å². The first kappa shape index (κ1) is 12.0. The summed E-state index contributed by atoms with van der Waals surface area (Å²) in [6, 6.07) is 1.97. The minimum Gasteiger partial charge on any atom is -0.473 e. The molecule has 1 heterocycles. The molecule has 0 fully saturated rings. The number of nitrogens with zero attached hydrogens (tertiary/aromatic N) is 2. The van der Waals surface area contributed by atoms with Gasteiger partial charge in [-0.15, -0.1) is 0 Å². The second kappa shape index (κ2) is 5.75. The van der Waals surface area contributed by atoms with Crippen LogP contribution in [0.15, 0.2) is 6.07 Å². The zero-order valence-electron chi connectivity index (χ0n) is 10.1. The van der Waals surface area contributed by atoms with Crippen LogP contribution >= 0.6 is 0 Å². The highest BCUT2D eigenvalue weighted by Gasteiger charge is 2.11. The normalized spacial score (nSPS) is 12.8. The molecule has 4 nitrogen and oxygen atoms in total. The van der Waals surface area contributed by atoms with Crippen molar-refractivity contribution < 1.29 is 4.74 Å². The number of likely N-dealkylation sites (N-methyl/N-ethyl adjacent to an activating group) is 1. The Morgan fingerprint density at radius 3 is 2.80 bits per heavy atom. The fourth-order valence-electron chi connectivity index (χ4n) is 1.62. The predicted octanol–water partition coefficient (Wildman–Crippen LogP) is 1.50. The summed E-state index contributed by atoms with van der Waals surface area (Å²) in [5, 5.41) is 7.40. The molecule has 86 valence electrons. The molecule has 1 atom stereocenters. The molecule has 1 aromatic heterocycles. The first-order valence-corrected chi connectivity index (χ1v) is 5.49. The maximum Gasteiger partial charge on any atom is 0.212 e. The zero-order valence-corrected chi connectivity index (χ0v) is 10.1. The van der Waals surface area contributed by atoms with Crippen LogP contribution < -0.4 is 10.1 Å². The van der Waals surface area contributed by atoms with Crippen LogP contribution in [-0.4, -0.2) is 29.5 Å². The maximum absolute atomic E-state index is 5.88. The minimum absolute atomic E-state index is 0.231. The van der Waals surface area contributed by atoms with Gasteiger partial charge < -0.3 is 10.1 Å². The molecular weight excluding hydrogens is 190 g/mol. The van der Waals surface area contributed by atoms with Crippen LogP contribution in [0.4, 0.5) is 0 Å². The Hall–Kier alpha value is -1.03. The molecule has 0 saturated heterocycles. The zero-order chi connectivity index (χ0) is 11.3. The van der Waals surface area contributed by atoms with E-state index in [1.54, 1.807) is 4.68 Å². The SMILES string of the molecule is CCCC(CNC)Oc1cc(C)nn1C. The van der Waals surface area contributed by atoms with E-state index in [1.165, 1.54) is 0 Å². The highest BCUT2D eigenvalue weighted by molar-refractivity contribution is 5.14. The summed E-state index contributed by atoms with van der Waals surface area (Å²) in [6.07, 6.45) is 2.42. The molecule has 0 spiro atoms. The molecular formula is C11H21N3O. The fourth-order valence-corrected chi connectivity index (χ4v) is 1.62. The van der Waals surface area contributed by atoms with Gasteiger partial charge in [-0.3, -0.25) is 0 Å². The third kappa shape index (κ3) is 3.55. The number of aryl methyl sites for hydroxylation is 2. The van der Waals surface area contributed by atoms with Crippen LogP contribution in [0.3, 0.4) is 0 Å². The molecule has 0 aliphatic heterocycles. The van der Waals surface area contributed by atoms with E-state index in [2.05, 4.69) is 17.3 Å². The monoisotopic (exact) mass is 211 g/mol. The summed E-state index contributed by atoms with van der Waals surface area (Å²) in [6.45, 7) is 5.01. The van der Waals surface area contributed by atoms with E-state index in [1.807, 2.05) is 27.1 Å². The first-order valence-electron chi connectivity index (χ1n) is 5.49. The van der Waals surface area contributed by atoms with Crippen LogP contribution in [0.2, 0.25) is 0 Å². The summed E-state index contributed by atoms with van der Waals surface area (Å²) >= 11 is 0. The molecule has 1 unspecified atom stereocenters. The van der Waals surface area contributed by atoms with Crippen molar-refractivity contribution >= 4 is 0 Å². The van der Waals surface area contributed by atoms with E-state index in [0.29, 0.717) is 0 Å². The number of aromatic nitrogens is 2. The van der Waals surface area contributed by atoms with Gasteiger partial charge in [-0.25, -0.2) is 4.68 Å². The third-order valence-corrected chi connectivity index (χ3v) is 2.29. The highest BCUT2D eigenvalue weighted by atomic mass is 16.5. The van der Waals surface area contributed by atoms with E-state index in [4.69, 9.17) is 4.74 Å². The van der Waals surface area contributed by atoms with Gasteiger partial charge in [0.2, 0.25) is 5.88 Å². The van der Waals surface area contributed by atoms with E-state index in [0.717, 1.165) is 31.0 Å². The topological polar surface area (TPSA) is 39.1 Å². The fraction of sp³-hybridized carbons (Fsp3) is 0.727. The van der Waals surface area contributed by atoms with Crippen molar-refractivity contribution in [1.82, 2.24) is 15.1 Å². The lowest BCUT2D eigenvalue weighted by molar-refractivity contribution is 0.174. The van der Waals surface area contributed by atoms with Crippen LogP contribution in [0, 0.1) is 6.92 Å². The van der Waals surface area contributed by atoms with E-state index < -0.39 is 0 Å². The Balaban J connectivity index is 2.60. The Kier molecular flexibility index (Phi) is 4.62. The van der Waals surface area contributed by atoms with Gasteiger partial charge in [-0.1, -0.05) is 13.3 Å². The molecule has 0 bridgehead atoms. The van der Waals surface area contributed by atoms with E-state index >= 15 is 0 Å². The predicted molar refractivity (Wildman–Crippen MR) is 61.2 cm³/mol. The van der Waals surface area contributed by atoms with Crippen molar-refractivity contribution in [3.8, 4) is 5.88 Å². The van der Waals surface area contributed by atoms with Crippen molar-refractivity contribution in [2.24, 2.45) is 7.05 Å². The summed E-state index contributed by atoms with van der Waals surface area (Å²) in [4.78, 5) is 0. The molecule has 4 heteroatoms. The number of nitrogens with one attached hydrogen (secondary N) is 1. The lowest BCUT2D eigenvalue weighted by atomic mass is 10.2. The average Bonchev–Trinajstić information content (AvgIpc) is 2.46. The second-order valence-corrected chi connectivity index (χ2v) is 3.83. The molecule has 0 aliphatic rings.